The summed E-state index contributed by atoms with van der Waals surface area (Å²) in [6.45, 7) is 10.1. The second-order valence-corrected chi connectivity index (χ2v) is 11.1. The molecule has 40 heavy (non-hydrogen) atoms. The molecule has 2 saturated heterocycles. The number of nitro benzene ring substituents is 1. The summed E-state index contributed by atoms with van der Waals surface area (Å²) in [5, 5.41) is 11.0. The summed E-state index contributed by atoms with van der Waals surface area (Å²) in [7, 11) is 0. The van der Waals surface area contributed by atoms with E-state index in [1.165, 1.54) is 11.6 Å². The van der Waals surface area contributed by atoms with E-state index in [2.05, 4.69) is 49.9 Å². The van der Waals surface area contributed by atoms with E-state index in [4.69, 9.17) is 4.74 Å². The number of halogens is 3. The van der Waals surface area contributed by atoms with Gasteiger partial charge in [-0.3, -0.25) is 14.9 Å². The number of rotatable bonds is 6. The van der Waals surface area contributed by atoms with Gasteiger partial charge in [-0.1, -0.05) is 40.3 Å². The highest BCUT2D eigenvalue weighted by atomic mass is 19.4. The van der Waals surface area contributed by atoms with Gasteiger partial charge in [0, 0.05) is 56.7 Å². The molecule has 8 nitrogen and oxygen atoms in total. The van der Waals surface area contributed by atoms with Crippen LogP contribution in [0, 0.1) is 10.1 Å². The number of piperidine rings is 1. The van der Waals surface area contributed by atoms with Crippen LogP contribution in [0.3, 0.4) is 0 Å². The second-order valence-electron chi connectivity index (χ2n) is 11.1. The minimum Gasteiger partial charge on any atom is -0.371 e. The molecule has 0 saturated carbocycles. The monoisotopic (exact) mass is 564 g/mol. The largest absolute Gasteiger partial charge is 0.423 e. The summed E-state index contributed by atoms with van der Waals surface area (Å²) >= 11 is 0. The maximum absolute atomic E-state index is 13.3. The van der Waals surface area contributed by atoms with E-state index in [1.54, 1.807) is 4.90 Å². The first-order valence-electron chi connectivity index (χ1n) is 13.2. The molecule has 0 bridgehead atoms. The summed E-state index contributed by atoms with van der Waals surface area (Å²) in [6.07, 6.45) is -3.90. The number of nitrogens with zero attached hydrogens (tertiary/aromatic N) is 4. The van der Waals surface area contributed by atoms with Gasteiger partial charge in [0.05, 0.1) is 11.0 Å². The molecule has 0 spiro atoms. The third kappa shape index (κ3) is 7.44. The van der Waals surface area contributed by atoms with Crippen LogP contribution in [0.4, 0.5) is 30.2 Å². The van der Waals surface area contributed by atoms with Crippen LogP contribution in [0.5, 0.6) is 0 Å². The topological polar surface area (TPSA) is 79.2 Å². The number of carbonyl (C=O) groups is 1. The molecule has 11 heteroatoms. The van der Waals surface area contributed by atoms with Crippen molar-refractivity contribution in [2.75, 3.05) is 55.7 Å². The number of carbonyl (C=O) groups excluding carboxylic acids is 1. The van der Waals surface area contributed by atoms with Crippen molar-refractivity contribution in [2.45, 2.75) is 58.7 Å². The Kier molecular flexibility index (Phi) is 9.71. The highest BCUT2D eigenvalue weighted by Crippen LogP contribution is 2.38. The van der Waals surface area contributed by atoms with Crippen LogP contribution in [0.15, 0.2) is 42.5 Å². The molecule has 1 amide bonds. The average Bonchev–Trinajstić information content (AvgIpc) is 2.91. The summed E-state index contributed by atoms with van der Waals surface area (Å²) in [4.78, 5) is 28.6. The van der Waals surface area contributed by atoms with Gasteiger partial charge in [-0.2, -0.15) is 13.2 Å². The number of hydrogen-bond donors (Lipinski definition) is 0. The Hall–Kier alpha value is -3.34. The van der Waals surface area contributed by atoms with Gasteiger partial charge < -0.3 is 19.4 Å². The number of nitro groups is 1. The summed E-state index contributed by atoms with van der Waals surface area (Å²) in [5.74, 6) is -0.0645. The average molecular weight is 565 g/mol. The molecule has 220 valence electrons. The van der Waals surface area contributed by atoms with Crippen molar-refractivity contribution in [3.8, 4) is 0 Å². The lowest BCUT2D eigenvalue weighted by atomic mass is 9.87. The van der Waals surface area contributed by atoms with Crippen molar-refractivity contribution in [2.24, 2.45) is 0 Å². The van der Waals surface area contributed by atoms with Crippen LogP contribution < -0.4 is 9.80 Å². The van der Waals surface area contributed by atoms with E-state index in [1.807, 2.05) is 4.90 Å². The van der Waals surface area contributed by atoms with E-state index >= 15 is 0 Å². The predicted octanol–water partition coefficient (Wildman–Crippen LogP) is 5.88. The molecule has 2 fully saturated rings. The maximum Gasteiger partial charge on any atom is 0.423 e. The molecule has 0 N–H and O–H groups in total. The molecule has 0 unspecified atom stereocenters. The zero-order chi connectivity index (χ0) is 28.4. The lowest BCUT2D eigenvalue weighted by Crippen LogP contribution is -2.50. The van der Waals surface area contributed by atoms with E-state index in [0.717, 1.165) is 30.9 Å². The van der Waals surface area contributed by atoms with Crippen molar-refractivity contribution in [1.29, 1.82) is 0 Å². The third-order valence-electron chi connectivity index (χ3n) is 7.46. The molecule has 0 aromatic heterocycles. The second kappa shape index (κ2) is 12.4. The van der Waals surface area contributed by atoms with E-state index < -0.39 is 22.4 Å². The Morgan fingerprint density at radius 3 is 2.00 bits per heavy atom. The molecule has 0 atom stereocenters. The molecular weight excluding hydrogens is 525 g/mol. The Morgan fingerprint density at radius 1 is 0.925 bits per heavy atom. The van der Waals surface area contributed by atoms with Gasteiger partial charge in [-0.25, -0.2) is 0 Å². The first kappa shape index (κ1) is 31.2. The molecule has 2 aromatic rings. The van der Waals surface area contributed by atoms with Gasteiger partial charge in [0.2, 0.25) is 5.91 Å². The lowest BCUT2D eigenvalue weighted by Gasteiger charge is -2.37. The Bertz CT molecular complexity index is 1170. The highest BCUT2D eigenvalue weighted by molar-refractivity contribution is 5.77. The Morgan fingerprint density at radius 2 is 1.48 bits per heavy atom. The predicted molar refractivity (Wildman–Crippen MR) is 150 cm³/mol. The van der Waals surface area contributed by atoms with Crippen LogP contribution in [-0.2, 0) is 21.1 Å². The van der Waals surface area contributed by atoms with Gasteiger partial charge >= 0.3 is 6.18 Å². The van der Waals surface area contributed by atoms with E-state index in [0.29, 0.717) is 39.0 Å². The van der Waals surface area contributed by atoms with Crippen molar-refractivity contribution in [3.05, 3.63) is 63.7 Å². The third-order valence-corrected chi connectivity index (χ3v) is 7.46. The van der Waals surface area contributed by atoms with Crippen molar-refractivity contribution in [3.63, 3.8) is 0 Å². The van der Waals surface area contributed by atoms with Gasteiger partial charge in [-0.15, -0.1) is 0 Å². The number of benzene rings is 2. The molecule has 2 aliphatic rings. The molecule has 2 aromatic carbocycles. The molecular formula is C29H39F3N4O4. The van der Waals surface area contributed by atoms with Gasteiger partial charge in [0.25, 0.3) is 5.69 Å². The van der Waals surface area contributed by atoms with E-state index in [9.17, 15) is 28.1 Å². The minimum atomic E-state index is -4.82. The van der Waals surface area contributed by atoms with Gasteiger partial charge in [0.1, 0.15) is 12.2 Å². The number of ether oxygens (including phenoxy) is 1. The number of alkyl halides is 3. The zero-order valence-corrected chi connectivity index (χ0v) is 22.5. The van der Waals surface area contributed by atoms with Crippen molar-refractivity contribution < 1.29 is 27.6 Å². The summed E-state index contributed by atoms with van der Waals surface area (Å²) < 4.78 is 45.8. The lowest BCUT2D eigenvalue weighted by molar-refractivity contribution is -0.388. The van der Waals surface area contributed by atoms with Crippen LogP contribution in [0.1, 0.15) is 52.2 Å². The molecule has 4 rings (SSSR count). The number of anilines is 2. The fourth-order valence-electron chi connectivity index (χ4n) is 5.05. The van der Waals surface area contributed by atoms with Crippen molar-refractivity contribution >= 4 is 23.0 Å². The van der Waals surface area contributed by atoms with Gasteiger partial charge in [-0.05, 0) is 48.1 Å². The fraction of sp³-hybridized carbons (Fsp3) is 0.552. The fourth-order valence-corrected chi connectivity index (χ4v) is 5.05. The minimum absolute atomic E-state index is 0. The SMILES string of the molecule is C.CC(C)(C)c1ccc(N2CCN(C(=O)COC3CCN(c4ccc([N+](=O)[O-])c(C(F)(F)F)c4)CC3)CC2)cc1. The normalized spacial score (nSPS) is 17.0. The standard InChI is InChI=1S/C28H35F3N4O4.CH4/c1-27(2,3)20-4-6-21(7-5-20)33-14-16-34(17-15-33)26(36)19-39-23-10-12-32(13-11-23)22-8-9-25(35(37)38)24(18-22)28(29,30)31;/h4-9,18,23H,10-17,19H2,1-3H3;1H4. The number of piperazine rings is 1. The quantitative estimate of drug-likeness (QED) is 0.322. The number of amides is 1. The zero-order valence-electron chi connectivity index (χ0n) is 22.5. The summed E-state index contributed by atoms with van der Waals surface area (Å²) in [6, 6.07) is 11.7. The molecule has 0 aliphatic carbocycles. The smallest absolute Gasteiger partial charge is 0.371 e. The number of hydrogen-bond acceptors (Lipinski definition) is 6. The Balaban J connectivity index is 0.00000441. The molecule has 0 radical (unpaired) electrons. The van der Waals surface area contributed by atoms with Crippen LogP contribution in [-0.4, -0.2) is 67.7 Å². The molecule has 2 aliphatic heterocycles. The first-order chi connectivity index (χ1) is 18.3. The summed E-state index contributed by atoms with van der Waals surface area (Å²) in [5.41, 5.74) is 0.601. The van der Waals surface area contributed by atoms with E-state index in [-0.39, 0.29) is 37.1 Å². The first-order valence-corrected chi connectivity index (χ1v) is 13.2. The van der Waals surface area contributed by atoms with Gasteiger partial charge in [0.15, 0.2) is 0 Å². The van der Waals surface area contributed by atoms with Crippen LogP contribution in [0.2, 0.25) is 0 Å². The Labute approximate surface area is 233 Å². The molecule has 2 heterocycles. The highest BCUT2D eigenvalue weighted by Gasteiger charge is 2.39. The van der Waals surface area contributed by atoms with Crippen LogP contribution in [0.25, 0.3) is 0 Å². The maximum atomic E-state index is 13.3. The van der Waals surface area contributed by atoms with Crippen molar-refractivity contribution in [1.82, 2.24) is 4.90 Å². The van der Waals surface area contributed by atoms with Crippen LogP contribution >= 0.6 is 0 Å².